The number of nitrogens with zero attached hydrogens (tertiary/aromatic N) is 2. The average Bonchev–Trinajstić information content (AvgIpc) is 2.78. The Morgan fingerprint density at radius 3 is 2.63 bits per heavy atom. The van der Waals surface area contributed by atoms with Crippen molar-refractivity contribution in [2.75, 3.05) is 6.61 Å². The first-order chi connectivity index (χ1) is 8.69. The van der Waals surface area contributed by atoms with Crippen molar-refractivity contribution in [2.24, 2.45) is 5.73 Å². The molecule has 0 bridgehead atoms. The van der Waals surface area contributed by atoms with E-state index in [0.717, 1.165) is 0 Å². The topological polar surface area (TPSA) is 74.2 Å². The molecular formula is C11H16F3N3O2. The quantitative estimate of drug-likeness (QED) is 0.898. The maximum atomic E-state index is 12.4. The minimum Gasteiger partial charge on any atom is -0.375 e. The number of rotatable bonds is 2. The highest BCUT2D eigenvalue weighted by Crippen LogP contribution is 2.39. The SMILES string of the molecule is CCC1(C)CC(N)(c2noc(C(F)(F)F)n2)CCO1. The Kier molecular flexibility index (Phi) is 3.34. The Morgan fingerprint density at radius 2 is 2.11 bits per heavy atom. The first-order valence-electron chi connectivity index (χ1n) is 6.03. The van der Waals surface area contributed by atoms with E-state index >= 15 is 0 Å². The number of alkyl halides is 3. The Morgan fingerprint density at radius 1 is 1.42 bits per heavy atom. The highest BCUT2D eigenvalue weighted by molar-refractivity contribution is 5.09. The zero-order valence-corrected chi connectivity index (χ0v) is 10.8. The highest BCUT2D eigenvalue weighted by Gasteiger charge is 2.46. The van der Waals surface area contributed by atoms with Gasteiger partial charge in [0.05, 0.1) is 11.1 Å². The lowest BCUT2D eigenvalue weighted by Crippen LogP contribution is -2.51. The molecule has 0 aliphatic carbocycles. The minimum atomic E-state index is -4.65. The molecule has 1 aromatic rings. The van der Waals surface area contributed by atoms with Gasteiger partial charge in [0.2, 0.25) is 0 Å². The molecule has 2 rings (SSSR count). The van der Waals surface area contributed by atoms with Crippen LogP contribution in [0.25, 0.3) is 0 Å². The second-order valence-corrected chi connectivity index (χ2v) is 5.16. The number of aromatic nitrogens is 2. The maximum Gasteiger partial charge on any atom is 0.471 e. The molecule has 0 spiro atoms. The minimum absolute atomic E-state index is 0.109. The van der Waals surface area contributed by atoms with Crippen molar-refractivity contribution in [1.82, 2.24) is 10.1 Å². The molecule has 1 aromatic heterocycles. The molecule has 19 heavy (non-hydrogen) atoms. The Hall–Kier alpha value is -1.15. The monoisotopic (exact) mass is 279 g/mol. The van der Waals surface area contributed by atoms with Crippen molar-refractivity contribution >= 4 is 0 Å². The van der Waals surface area contributed by atoms with Crippen molar-refractivity contribution < 1.29 is 22.4 Å². The van der Waals surface area contributed by atoms with Gasteiger partial charge in [0.1, 0.15) is 0 Å². The van der Waals surface area contributed by atoms with Gasteiger partial charge in [-0.15, -0.1) is 0 Å². The van der Waals surface area contributed by atoms with Crippen molar-refractivity contribution in [3.63, 3.8) is 0 Å². The van der Waals surface area contributed by atoms with Gasteiger partial charge in [-0.3, -0.25) is 0 Å². The van der Waals surface area contributed by atoms with Crippen LogP contribution in [-0.4, -0.2) is 22.3 Å². The lowest BCUT2D eigenvalue weighted by atomic mass is 9.79. The molecule has 0 saturated carbocycles. The summed E-state index contributed by atoms with van der Waals surface area (Å²) in [5.41, 5.74) is 4.63. The third kappa shape index (κ3) is 2.74. The maximum absolute atomic E-state index is 12.4. The Balaban J connectivity index is 2.27. The molecule has 0 aromatic carbocycles. The van der Waals surface area contributed by atoms with Crippen LogP contribution in [-0.2, 0) is 16.5 Å². The van der Waals surface area contributed by atoms with Crippen LogP contribution in [0.3, 0.4) is 0 Å². The number of ether oxygens (including phenoxy) is 1. The lowest BCUT2D eigenvalue weighted by Gasteiger charge is -2.42. The predicted octanol–water partition coefficient (Wildman–Crippen LogP) is 2.22. The molecule has 1 fully saturated rings. The third-order valence-electron chi connectivity index (χ3n) is 3.55. The molecular weight excluding hydrogens is 263 g/mol. The van der Waals surface area contributed by atoms with Crippen LogP contribution >= 0.6 is 0 Å². The molecule has 0 amide bonds. The smallest absolute Gasteiger partial charge is 0.375 e. The van der Waals surface area contributed by atoms with E-state index in [1.165, 1.54) is 0 Å². The average molecular weight is 279 g/mol. The van der Waals surface area contributed by atoms with Gasteiger partial charge in [0, 0.05) is 13.0 Å². The van der Waals surface area contributed by atoms with E-state index < -0.39 is 23.2 Å². The summed E-state index contributed by atoms with van der Waals surface area (Å²) in [4.78, 5) is 3.39. The van der Waals surface area contributed by atoms with Crippen molar-refractivity contribution in [3.8, 4) is 0 Å². The zero-order chi connectivity index (χ0) is 14.3. The van der Waals surface area contributed by atoms with Gasteiger partial charge in [-0.25, -0.2) is 0 Å². The van der Waals surface area contributed by atoms with E-state index in [4.69, 9.17) is 10.5 Å². The standard InChI is InChI=1S/C11H16F3N3O2/c1-3-9(2)6-10(15,4-5-18-9)7-16-8(19-17-7)11(12,13)14/h3-6,15H2,1-2H3. The second-order valence-electron chi connectivity index (χ2n) is 5.16. The number of hydrogen-bond donors (Lipinski definition) is 1. The summed E-state index contributed by atoms with van der Waals surface area (Å²) in [6.07, 6.45) is -3.23. The number of hydrogen-bond acceptors (Lipinski definition) is 5. The van der Waals surface area contributed by atoms with Crippen molar-refractivity contribution in [2.45, 2.75) is 50.4 Å². The molecule has 8 heteroatoms. The van der Waals surface area contributed by atoms with Crippen LogP contribution in [0.4, 0.5) is 13.2 Å². The fourth-order valence-electron chi connectivity index (χ4n) is 2.25. The van der Waals surface area contributed by atoms with Gasteiger partial charge in [0.25, 0.3) is 0 Å². The first kappa shape index (κ1) is 14.3. The van der Waals surface area contributed by atoms with Crippen LogP contribution < -0.4 is 5.73 Å². The van der Waals surface area contributed by atoms with Crippen LogP contribution in [0, 0.1) is 0 Å². The predicted molar refractivity (Wildman–Crippen MR) is 59.0 cm³/mol. The highest BCUT2D eigenvalue weighted by atomic mass is 19.4. The van der Waals surface area contributed by atoms with Crippen LogP contribution in [0.5, 0.6) is 0 Å². The van der Waals surface area contributed by atoms with E-state index in [9.17, 15) is 13.2 Å². The molecule has 1 aliphatic heterocycles. The van der Waals surface area contributed by atoms with E-state index in [2.05, 4.69) is 14.7 Å². The normalized spacial score (nSPS) is 32.5. The van der Waals surface area contributed by atoms with E-state index in [1.54, 1.807) is 0 Å². The largest absolute Gasteiger partial charge is 0.471 e. The van der Waals surface area contributed by atoms with Crippen LogP contribution in [0.2, 0.25) is 0 Å². The van der Waals surface area contributed by atoms with Gasteiger partial charge in [-0.2, -0.15) is 18.2 Å². The van der Waals surface area contributed by atoms with Crippen molar-refractivity contribution in [3.05, 3.63) is 11.7 Å². The summed E-state index contributed by atoms with van der Waals surface area (Å²) >= 11 is 0. The summed E-state index contributed by atoms with van der Waals surface area (Å²) in [6, 6.07) is 0. The molecule has 108 valence electrons. The van der Waals surface area contributed by atoms with Gasteiger partial charge < -0.3 is 15.0 Å². The molecule has 2 N–H and O–H groups in total. The molecule has 5 nitrogen and oxygen atoms in total. The third-order valence-corrected chi connectivity index (χ3v) is 3.55. The summed E-state index contributed by atoms with van der Waals surface area (Å²) < 4.78 is 47.2. The summed E-state index contributed by atoms with van der Waals surface area (Å²) in [5, 5.41) is 3.39. The Labute approximate surface area is 108 Å². The van der Waals surface area contributed by atoms with Crippen LogP contribution in [0.15, 0.2) is 4.52 Å². The number of halogens is 3. The summed E-state index contributed by atoms with van der Waals surface area (Å²) in [7, 11) is 0. The summed E-state index contributed by atoms with van der Waals surface area (Å²) in [5.74, 6) is -1.47. The first-order valence-corrected chi connectivity index (χ1v) is 6.03. The van der Waals surface area contributed by atoms with Gasteiger partial charge in [-0.05, 0) is 19.8 Å². The zero-order valence-electron chi connectivity index (χ0n) is 10.8. The van der Waals surface area contributed by atoms with Gasteiger partial charge in [-0.1, -0.05) is 12.1 Å². The molecule has 1 saturated heterocycles. The van der Waals surface area contributed by atoms with E-state index in [0.29, 0.717) is 25.9 Å². The molecule has 1 aliphatic rings. The van der Waals surface area contributed by atoms with E-state index in [1.807, 2.05) is 13.8 Å². The van der Waals surface area contributed by atoms with E-state index in [-0.39, 0.29) is 5.82 Å². The Bertz CT molecular complexity index is 462. The molecule has 0 radical (unpaired) electrons. The van der Waals surface area contributed by atoms with Gasteiger partial charge >= 0.3 is 12.1 Å². The van der Waals surface area contributed by atoms with Crippen molar-refractivity contribution in [1.29, 1.82) is 0 Å². The molecule has 2 atom stereocenters. The fourth-order valence-corrected chi connectivity index (χ4v) is 2.25. The number of nitrogens with two attached hydrogens (primary N) is 1. The van der Waals surface area contributed by atoms with Gasteiger partial charge in [0.15, 0.2) is 5.82 Å². The van der Waals surface area contributed by atoms with Crippen LogP contribution in [0.1, 0.15) is 44.8 Å². The molecule has 2 heterocycles. The molecule has 2 unspecified atom stereocenters. The second kappa shape index (κ2) is 4.45. The lowest BCUT2D eigenvalue weighted by molar-refractivity contribution is -0.159. The fraction of sp³-hybridized carbons (Fsp3) is 0.818. The summed E-state index contributed by atoms with van der Waals surface area (Å²) in [6.45, 7) is 4.17.